The first-order chi connectivity index (χ1) is 9.97. The summed E-state index contributed by atoms with van der Waals surface area (Å²) in [6.07, 6.45) is 2.53. The predicted octanol–water partition coefficient (Wildman–Crippen LogP) is 2.35. The summed E-state index contributed by atoms with van der Waals surface area (Å²) in [5, 5.41) is 12.1. The maximum atomic E-state index is 12.4. The Morgan fingerprint density at radius 2 is 1.90 bits per heavy atom. The third-order valence-electron chi connectivity index (χ3n) is 3.91. The van der Waals surface area contributed by atoms with E-state index in [-0.39, 0.29) is 5.91 Å². The number of nitrogens with one attached hydrogen (secondary N) is 1. The number of hydrogen-bond acceptors (Lipinski definition) is 3. The van der Waals surface area contributed by atoms with Gasteiger partial charge in [0.2, 0.25) is 5.91 Å². The highest BCUT2D eigenvalue weighted by atomic mass is 79.9. The predicted molar refractivity (Wildman–Crippen MR) is 79.9 cm³/mol. The van der Waals surface area contributed by atoms with Gasteiger partial charge in [-0.2, -0.15) is 0 Å². The third kappa shape index (κ3) is 2.49. The first-order valence-electron chi connectivity index (χ1n) is 6.61. The monoisotopic (exact) mass is 351 g/mol. The molecule has 2 N–H and O–H groups in total. The van der Waals surface area contributed by atoms with E-state index in [2.05, 4.69) is 21.2 Å². The number of carbonyl (C=O) groups excluding carboxylic acids is 1. The first-order valence-corrected chi connectivity index (χ1v) is 7.40. The fourth-order valence-corrected chi connectivity index (χ4v) is 3.11. The summed E-state index contributed by atoms with van der Waals surface area (Å²) in [6, 6.07) is 5.45. The summed E-state index contributed by atoms with van der Waals surface area (Å²) in [7, 11) is 0. The largest absolute Gasteiger partial charge is 0.481 e. The number of carboxylic acid groups (broad SMARTS) is 1. The topological polar surface area (TPSA) is 75.6 Å². The van der Waals surface area contributed by atoms with Crippen LogP contribution < -0.4 is 5.32 Å². The molecule has 1 amide bonds. The summed E-state index contributed by atoms with van der Waals surface area (Å²) in [4.78, 5) is 23.8. The maximum Gasteiger partial charge on any atom is 0.310 e. The van der Waals surface area contributed by atoms with Gasteiger partial charge in [-0.25, -0.2) is 0 Å². The van der Waals surface area contributed by atoms with Gasteiger partial charge in [0.15, 0.2) is 0 Å². The highest BCUT2D eigenvalue weighted by Crippen LogP contribution is 2.39. The first kappa shape index (κ1) is 14.3. The lowest BCUT2D eigenvalue weighted by Crippen LogP contribution is -2.39. The molecule has 2 heterocycles. The molecule has 2 bridgehead atoms. The number of halogens is 1. The van der Waals surface area contributed by atoms with E-state index < -0.39 is 30.0 Å². The lowest BCUT2D eigenvalue weighted by molar-refractivity contribution is -0.145. The smallest absolute Gasteiger partial charge is 0.310 e. The molecule has 5 nitrogen and oxygen atoms in total. The lowest BCUT2D eigenvalue weighted by Gasteiger charge is -2.21. The highest BCUT2D eigenvalue weighted by molar-refractivity contribution is 9.10. The van der Waals surface area contributed by atoms with E-state index in [0.29, 0.717) is 5.69 Å². The molecule has 0 radical (unpaired) electrons. The number of ether oxygens (including phenoxy) is 1. The fraction of sp³-hybridized carbons (Fsp3) is 0.333. The second-order valence-electron chi connectivity index (χ2n) is 5.29. The number of hydrogen-bond donors (Lipinski definition) is 2. The van der Waals surface area contributed by atoms with Crippen LogP contribution in [0.2, 0.25) is 0 Å². The number of fused-ring (bicyclic) bond motifs is 2. The van der Waals surface area contributed by atoms with Crippen molar-refractivity contribution in [3.8, 4) is 0 Å². The van der Waals surface area contributed by atoms with Crippen LogP contribution in [-0.4, -0.2) is 29.2 Å². The van der Waals surface area contributed by atoms with E-state index in [1.54, 1.807) is 18.2 Å². The van der Waals surface area contributed by atoms with E-state index in [9.17, 15) is 14.7 Å². The third-order valence-corrected chi connectivity index (χ3v) is 4.80. The number of amides is 1. The van der Waals surface area contributed by atoms with Crippen molar-refractivity contribution < 1.29 is 19.4 Å². The number of aliphatic carboxylic acids is 1. The molecular formula is C15H14BrNO4. The molecule has 1 saturated heterocycles. The molecular weight excluding hydrogens is 338 g/mol. The Morgan fingerprint density at radius 1 is 1.24 bits per heavy atom. The zero-order chi connectivity index (χ0) is 15.1. The van der Waals surface area contributed by atoms with Crippen LogP contribution in [0.25, 0.3) is 0 Å². The molecule has 1 aromatic rings. The number of aryl methyl sites for hydroxylation is 1. The van der Waals surface area contributed by atoms with Crippen LogP contribution >= 0.6 is 15.9 Å². The molecule has 2 aliphatic heterocycles. The van der Waals surface area contributed by atoms with Crippen LogP contribution in [0.15, 0.2) is 34.8 Å². The molecule has 4 atom stereocenters. The molecule has 0 saturated carbocycles. The van der Waals surface area contributed by atoms with Crippen molar-refractivity contribution in [3.63, 3.8) is 0 Å². The van der Waals surface area contributed by atoms with Gasteiger partial charge >= 0.3 is 5.97 Å². The molecule has 6 heteroatoms. The zero-order valence-corrected chi connectivity index (χ0v) is 12.8. The van der Waals surface area contributed by atoms with Gasteiger partial charge in [0.25, 0.3) is 0 Å². The summed E-state index contributed by atoms with van der Waals surface area (Å²) in [5.74, 6) is -2.84. The molecule has 1 aromatic carbocycles. The van der Waals surface area contributed by atoms with Gasteiger partial charge in [-0.3, -0.25) is 9.59 Å². The fourth-order valence-electron chi connectivity index (χ4n) is 2.86. The van der Waals surface area contributed by atoms with E-state index in [1.807, 2.05) is 19.1 Å². The Hall–Kier alpha value is -1.66. The number of rotatable bonds is 3. The van der Waals surface area contributed by atoms with E-state index >= 15 is 0 Å². The summed E-state index contributed by atoms with van der Waals surface area (Å²) in [6.45, 7) is 1.92. The molecule has 2 aliphatic rings. The zero-order valence-electron chi connectivity index (χ0n) is 11.2. The second-order valence-corrected chi connectivity index (χ2v) is 6.15. The van der Waals surface area contributed by atoms with Gasteiger partial charge in [-0.15, -0.1) is 0 Å². The Bertz CT molecular complexity index is 643. The van der Waals surface area contributed by atoms with Gasteiger partial charge in [0.05, 0.1) is 18.1 Å². The van der Waals surface area contributed by atoms with Crippen LogP contribution in [0.1, 0.15) is 5.56 Å². The van der Waals surface area contributed by atoms with Crippen molar-refractivity contribution in [2.75, 3.05) is 5.32 Å². The molecule has 21 heavy (non-hydrogen) atoms. The minimum absolute atomic E-state index is 0.319. The molecule has 1 fully saturated rings. The highest BCUT2D eigenvalue weighted by Gasteiger charge is 2.53. The quantitative estimate of drug-likeness (QED) is 0.819. The van der Waals surface area contributed by atoms with Crippen molar-refractivity contribution in [1.82, 2.24) is 0 Å². The van der Waals surface area contributed by atoms with Crippen LogP contribution in [0.3, 0.4) is 0 Å². The Labute approximate surface area is 130 Å². The number of benzene rings is 1. The Balaban J connectivity index is 1.80. The van der Waals surface area contributed by atoms with Gasteiger partial charge < -0.3 is 15.2 Å². The molecule has 3 rings (SSSR count). The number of carbonyl (C=O) groups is 2. The molecule has 0 aliphatic carbocycles. The van der Waals surface area contributed by atoms with Crippen molar-refractivity contribution in [3.05, 3.63) is 40.4 Å². The van der Waals surface area contributed by atoms with E-state index in [4.69, 9.17) is 4.74 Å². The van der Waals surface area contributed by atoms with Crippen molar-refractivity contribution >= 4 is 33.5 Å². The minimum atomic E-state index is -1.00. The average molecular weight is 352 g/mol. The lowest BCUT2D eigenvalue weighted by atomic mass is 9.82. The van der Waals surface area contributed by atoms with Crippen LogP contribution in [0, 0.1) is 18.8 Å². The van der Waals surface area contributed by atoms with Gasteiger partial charge in [0, 0.05) is 10.2 Å². The van der Waals surface area contributed by atoms with Crippen LogP contribution in [0.4, 0.5) is 5.69 Å². The van der Waals surface area contributed by atoms with Crippen LogP contribution in [-0.2, 0) is 14.3 Å². The standard InChI is InChI=1S/C15H14BrNO4/c1-7-6-8(2-3-9(7)16)17-14(18)12-10-4-5-11(21-10)13(12)15(19)20/h2-6,10-13H,1H3,(H,17,18)(H,19,20)/t10-,11-,12+,13-/m1/s1. The van der Waals surface area contributed by atoms with E-state index in [0.717, 1.165) is 10.0 Å². The SMILES string of the molecule is Cc1cc(NC(=O)[C@@H]2[C@H](C(=O)O)[C@H]3C=C[C@H]2O3)ccc1Br. The molecule has 0 aromatic heterocycles. The maximum absolute atomic E-state index is 12.4. The van der Waals surface area contributed by atoms with Crippen molar-refractivity contribution in [2.45, 2.75) is 19.1 Å². The van der Waals surface area contributed by atoms with Gasteiger partial charge in [0.1, 0.15) is 5.92 Å². The molecule has 0 spiro atoms. The summed E-state index contributed by atoms with van der Waals surface area (Å²) in [5.41, 5.74) is 1.64. The minimum Gasteiger partial charge on any atom is -0.481 e. The van der Waals surface area contributed by atoms with Gasteiger partial charge in [-0.1, -0.05) is 28.1 Å². The van der Waals surface area contributed by atoms with Crippen molar-refractivity contribution in [1.29, 1.82) is 0 Å². The average Bonchev–Trinajstić information content (AvgIpc) is 3.03. The number of anilines is 1. The van der Waals surface area contributed by atoms with Crippen molar-refractivity contribution in [2.24, 2.45) is 11.8 Å². The second kappa shape index (κ2) is 5.27. The van der Waals surface area contributed by atoms with Crippen LogP contribution in [0.5, 0.6) is 0 Å². The van der Waals surface area contributed by atoms with Gasteiger partial charge in [-0.05, 0) is 30.7 Å². The normalized spacial score (nSPS) is 29.6. The number of carboxylic acids is 1. The summed E-state index contributed by atoms with van der Waals surface area (Å²) < 4.78 is 6.45. The molecule has 110 valence electrons. The van der Waals surface area contributed by atoms with E-state index in [1.165, 1.54) is 0 Å². The Morgan fingerprint density at radius 3 is 2.52 bits per heavy atom. The molecule has 0 unspecified atom stereocenters. The Kier molecular flexibility index (Phi) is 3.59. The summed E-state index contributed by atoms with van der Waals surface area (Å²) >= 11 is 3.40.